The molecule has 0 aromatic heterocycles. The summed E-state index contributed by atoms with van der Waals surface area (Å²) in [5.41, 5.74) is 1.83. The summed E-state index contributed by atoms with van der Waals surface area (Å²) in [6, 6.07) is 18.8. The van der Waals surface area contributed by atoms with E-state index >= 15 is 0 Å². The first-order valence-electron chi connectivity index (χ1n) is 13.7. The molecule has 0 unspecified atom stereocenters. The third-order valence-corrected chi connectivity index (χ3v) is 9.72. The number of fused-ring (bicyclic) bond motifs is 2. The largest absolute Gasteiger partial charge is 0.494 e. The Bertz CT molecular complexity index is 1960. The van der Waals surface area contributed by atoms with Crippen LogP contribution in [0, 0.1) is 11.6 Å². The van der Waals surface area contributed by atoms with Crippen LogP contribution in [0.1, 0.15) is 38.8 Å². The number of nitrogens with zero attached hydrogens (tertiary/aromatic N) is 2. The number of carbonyl (C=O) groups excluding carboxylic acids is 2. The maximum atomic E-state index is 14.7. The van der Waals surface area contributed by atoms with E-state index in [1.807, 2.05) is 0 Å². The molecular formula is C33H25ClF2N2O6S. The number of allylic oxidation sites excluding steroid dienone is 1. The number of benzene rings is 4. The van der Waals surface area contributed by atoms with Crippen LogP contribution >= 0.6 is 11.6 Å². The Morgan fingerprint density at radius 1 is 0.978 bits per heavy atom. The van der Waals surface area contributed by atoms with Gasteiger partial charge >= 0.3 is 0 Å². The maximum Gasteiger partial charge on any atom is 0.264 e. The number of carbonyl (C=O) groups is 2. The molecule has 6 rings (SSSR count). The molecule has 2 aliphatic heterocycles. The van der Waals surface area contributed by atoms with Crippen LogP contribution in [0.25, 0.3) is 11.6 Å². The molecular weight excluding hydrogens is 626 g/mol. The minimum absolute atomic E-state index is 0.130. The predicted octanol–water partition coefficient (Wildman–Crippen LogP) is 6.44. The van der Waals surface area contributed by atoms with E-state index in [0.29, 0.717) is 11.1 Å². The van der Waals surface area contributed by atoms with Crippen LogP contribution in [-0.2, 0) is 10.0 Å². The summed E-state index contributed by atoms with van der Waals surface area (Å²) in [5.74, 6) is -2.39. The number of halogens is 3. The maximum absolute atomic E-state index is 14.7. The summed E-state index contributed by atoms with van der Waals surface area (Å²) in [7, 11) is -3.15. The molecule has 0 radical (unpaired) electrons. The zero-order chi connectivity index (χ0) is 32.0. The Kier molecular flexibility index (Phi) is 7.84. The summed E-state index contributed by atoms with van der Waals surface area (Å²) in [5, 5.41) is 0.215. The molecule has 0 bridgehead atoms. The van der Waals surface area contributed by atoms with E-state index < -0.39 is 39.6 Å². The summed E-state index contributed by atoms with van der Waals surface area (Å²) >= 11 is 6.25. The number of hydrogen-bond acceptors (Lipinski definition) is 6. The van der Waals surface area contributed by atoms with Gasteiger partial charge in [-0.15, -0.1) is 0 Å². The van der Waals surface area contributed by atoms with Crippen LogP contribution in [0.15, 0.2) is 83.8 Å². The van der Waals surface area contributed by atoms with Crippen LogP contribution in [0.5, 0.6) is 11.5 Å². The van der Waals surface area contributed by atoms with Crippen molar-refractivity contribution in [1.29, 1.82) is 0 Å². The first-order valence-corrected chi connectivity index (χ1v) is 15.6. The van der Waals surface area contributed by atoms with Gasteiger partial charge in [-0.1, -0.05) is 41.9 Å². The van der Waals surface area contributed by atoms with Crippen molar-refractivity contribution in [1.82, 2.24) is 4.90 Å². The molecule has 4 aromatic carbocycles. The number of ether oxygens (including phenoxy) is 2. The molecule has 12 heteroatoms. The van der Waals surface area contributed by atoms with Crippen molar-refractivity contribution in [2.75, 3.05) is 24.5 Å². The number of amides is 2. The quantitative estimate of drug-likeness (QED) is 0.169. The molecule has 0 spiro atoms. The third kappa shape index (κ3) is 5.42. The van der Waals surface area contributed by atoms with Crippen molar-refractivity contribution in [3.63, 3.8) is 0 Å². The SMILES string of the molecule is COc1ccc(S(=O)(=O)N2C[C@H](CN3C(=O)c4ccccc4C3=O)Oc3ccc(/C=C(\C)c4c(F)cccc4Cl)cc32)cc1F. The number of hydrogen-bond donors (Lipinski definition) is 0. The van der Waals surface area contributed by atoms with E-state index in [1.54, 1.807) is 61.5 Å². The van der Waals surface area contributed by atoms with Gasteiger partial charge in [0.25, 0.3) is 21.8 Å². The lowest BCUT2D eigenvalue weighted by atomic mass is 10.0. The predicted molar refractivity (Wildman–Crippen MR) is 165 cm³/mol. The summed E-state index contributed by atoms with van der Waals surface area (Å²) in [4.78, 5) is 26.8. The van der Waals surface area contributed by atoms with Gasteiger partial charge in [-0.05, 0) is 72.7 Å². The van der Waals surface area contributed by atoms with Crippen molar-refractivity contribution in [2.24, 2.45) is 0 Å². The Morgan fingerprint density at radius 3 is 2.33 bits per heavy atom. The minimum atomic E-state index is -4.41. The lowest BCUT2D eigenvalue weighted by Crippen LogP contribution is -2.49. The zero-order valence-electron chi connectivity index (χ0n) is 24.0. The molecule has 0 N–H and O–H groups in total. The van der Waals surface area contributed by atoms with Crippen molar-refractivity contribution in [3.05, 3.63) is 118 Å². The molecule has 45 heavy (non-hydrogen) atoms. The van der Waals surface area contributed by atoms with Crippen molar-refractivity contribution in [3.8, 4) is 11.5 Å². The number of sulfonamides is 1. The minimum Gasteiger partial charge on any atom is -0.494 e. The second kappa shape index (κ2) is 11.6. The molecule has 230 valence electrons. The second-order valence-corrected chi connectivity index (χ2v) is 12.8. The van der Waals surface area contributed by atoms with Gasteiger partial charge in [0.05, 0.1) is 46.9 Å². The van der Waals surface area contributed by atoms with Crippen LogP contribution < -0.4 is 13.8 Å². The molecule has 8 nitrogen and oxygen atoms in total. The second-order valence-electron chi connectivity index (χ2n) is 10.5. The fraction of sp³-hybridized carbons (Fsp3) is 0.152. The van der Waals surface area contributed by atoms with E-state index in [2.05, 4.69) is 0 Å². The Labute approximate surface area is 263 Å². The van der Waals surface area contributed by atoms with Crippen LogP contribution in [0.3, 0.4) is 0 Å². The van der Waals surface area contributed by atoms with E-state index in [4.69, 9.17) is 21.1 Å². The van der Waals surface area contributed by atoms with Gasteiger partial charge in [-0.25, -0.2) is 17.2 Å². The van der Waals surface area contributed by atoms with Gasteiger partial charge in [0.2, 0.25) is 0 Å². The Hall–Kier alpha value is -4.74. The summed E-state index contributed by atoms with van der Waals surface area (Å²) in [6.45, 7) is 1.13. The molecule has 2 amide bonds. The van der Waals surface area contributed by atoms with Gasteiger partial charge in [0, 0.05) is 5.56 Å². The fourth-order valence-electron chi connectivity index (χ4n) is 5.48. The number of anilines is 1. The fourth-order valence-corrected chi connectivity index (χ4v) is 7.30. The van der Waals surface area contributed by atoms with E-state index in [1.165, 1.54) is 31.4 Å². The smallest absolute Gasteiger partial charge is 0.264 e. The average Bonchev–Trinajstić information content (AvgIpc) is 3.25. The van der Waals surface area contributed by atoms with Crippen LogP contribution in [0.4, 0.5) is 14.5 Å². The first kappa shape index (κ1) is 30.3. The molecule has 1 atom stereocenters. The molecule has 0 aliphatic carbocycles. The number of imide groups is 1. The lowest BCUT2D eigenvalue weighted by molar-refractivity contribution is 0.0573. The molecule has 2 aliphatic rings. The van der Waals surface area contributed by atoms with E-state index in [-0.39, 0.29) is 56.9 Å². The standard InChI is InChI=1S/C33H25ClF2N2O6S/c1-19(31-25(34)8-5-9-26(31)35)14-20-10-12-30-28(15-20)38(45(41,42)22-11-13-29(43-2)27(36)16-22)18-21(44-30)17-37-32(39)23-6-3-4-7-24(23)33(37)40/h3-16,21H,17-18H2,1-2H3/b19-14+/t21-/m0/s1. The summed E-state index contributed by atoms with van der Waals surface area (Å²) < 4.78 is 69.6. The van der Waals surface area contributed by atoms with Crippen molar-refractivity contribution >= 4 is 50.8 Å². The normalized spacial score (nSPS) is 16.4. The summed E-state index contributed by atoms with van der Waals surface area (Å²) in [6.07, 6.45) is 0.686. The molecule has 4 aromatic rings. The highest BCUT2D eigenvalue weighted by molar-refractivity contribution is 7.92. The number of rotatable bonds is 7. The van der Waals surface area contributed by atoms with Crippen LogP contribution in [0.2, 0.25) is 5.02 Å². The lowest BCUT2D eigenvalue weighted by Gasteiger charge is -2.36. The van der Waals surface area contributed by atoms with E-state index in [9.17, 15) is 26.8 Å². The topological polar surface area (TPSA) is 93.2 Å². The highest BCUT2D eigenvalue weighted by Crippen LogP contribution is 2.40. The first-order chi connectivity index (χ1) is 21.5. The van der Waals surface area contributed by atoms with E-state index in [0.717, 1.165) is 15.3 Å². The van der Waals surface area contributed by atoms with Gasteiger partial charge in [0.15, 0.2) is 11.6 Å². The van der Waals surface area contributed by atoms with Gasteiger partial charge in [-0.3, -0.25) is 18.8 Å². The Balaban J connectivity index is 1.40. The van der Waals surface area contributed by atoms with Crippen molar-refractivity contribution < 1.29 is 36.3 Å². The van der Waals surface area contributed by atoms with Crippen molar-refractivity contribution in [2.45, 2.75) is 17.9 Å². The Morgan fingerprint density at radius 2 is 1.69 bits per heavy atom. The van der Waals surface area contributed by atoms with Gasteiger partial charge in [-0.2, -0.15) is 0 Å². The molecule has 0 fully saturated rings. The average molecular weight is 651 g/mol. The number of methoxy groups -OCH3 is 1. The van der Waals surface area contributed by atoms with Gasteiger partial charge in [0.1, 0.15) is 17.7 Å². The highest BCUT2D eigenvalue weighted by Gasteiger charge is 2.41. The molecule has 0 saturated carbocycles. The molecule has 2 heterocycles. The van der Waals surface area contributed by atoms with Gasteiger partial charge < -0.3 is 9.47 Å². The molecule has 0 saturated heterocycles. The third-order valence-electron chi connectivity index (χ3n) is 7.63. The van der Waals surface area contributed by atoms with Crippen LogP contribution in [-0.4, -0.2) is 51.4 Å². The highest BCUT2D eigenvalue weighted by atomic mass is 35.5. The zero-order valence-corrected chi connectivity index (χ0v) is 25.5. The monoisotopic (exact) mass is 650 g/mol.